The monoisotopic (exact) mass is 264 g/mol. The van der Waals surface area contributed by atoms with Crippen molar-refractivity contribution in [3.05, 3.63) is 0 Å². The molecular formula is C12H25ClN2O2. The number of ether oxygens (including phenoxy) is 1. The molecule has 102 valence electrons. The maximum atomic E-state index is 11.5. The maximum Gasteiger partial charge on any atom is 0.234 e. The van der Waals surface area contributed by atoms with E-state index < -0.39 is 0 Å². The van der Waals surface area contributed by atoms with Crippen LogP contribution in [0.1, 0.15) is 33.1 Å². The quantitative estimate of drug-likeness (QED) is 0.761. The Labute approximate surface area is 110 Å². The molecule has 17 heavy (non-hydrogen) atoms. The number of nitrogens with one attached hydrogen (secondary N) is 2. The number of likely N-dealkylation sites (N-methyl/N-ethyl adjacent to an activating group) is 1. The minimum atomic E-state index is 0. The Hall–Kier alpha value is -0.320. The van der Waals surface area contributed by atoms with Gasteiger partial charge in [-0.15, -0.1) is 12.4 Å². The van der Waals surface area contributed by atoms with E-state index in [2.05, 4.69) is 24.5 Å². The van der Waals surface area contributed by atoms with Crippen molar-refractivity contribution < 1.29 is 9.53 Å². The third kappa shape index (κ3) is 3.12. The van der Waals surface area contributed by atoms with Crippen molar-refractivity contribution in [2.45, 2.75) is 45.3 Å². The van der Waals surface area contributed by atoms with E-state index in [1.54, 1.807) is 14.2 Å². The smallest absolute Gasteiger partial charge is 0.234 e. The largest absolute Gasteiger partial charge is 0.381 e. The van der Waals surface area contributed by atoms with Crippen LogP contribution in [0.4, 0.5) is 0 Å². The van der Waals surface area contributed by atoms with Crippen molar-refractivity contribution >= 4 is 18.3 Å². The molecule has 2 atom stereocenters. The first-order valence-electron chi connectivity index (χ1n) is 6.11. The van der Waals surface area contributed by atoms with Crippen LogP contribution in [0.5, 0.6) is 0 Å². The zero-order valence-electron chi connectivity index (χ0n) is 11.2. The molecule has 1 amide bonds. The molecule has 0 aliphatic heterocycles. The number of carbonyl (C=O) groups is 1. The van der Waals surface area contributed by atoms with Gasteiger partial charge in [0, 0.05) is 18.6 Å². The fourth-order valence-electron chi connectivity index (χ4n) is 2.89. The molecule has 4 nitrogen and oxygen atoms in total. The van der Waals surface area contributed by atoms with Crippen LogP contribution in [0.3, 0.4) is 0 Å². The van der Waals surface area contributed by atoms with Crippen molar-refractivity contribution in [2.24, 2.45) is 5.41 Å². The minimum absolute atomic E-state index is 0. The van der Waals surface area contributed by atoms with E-state index >= 15 is 0 Å². The molecule has 0 bridgehead atoms. The van der Waals surface area contributed by atoms with Gasteiger partial charge in [-0.05, 0) is 26.3 Å². The van der Waals surface area contributed by atoms with Gasteiger partial charge in [0.25, 0.3) is 0 Å². The van der Waals surface area contributed by atoms with Gasteiger partial charge in [-0.1, -0.05) is 13.8 Å². The Balaban J connectivity index is 0.00000256. The molecule has 2 N–H and O–H groups in total. The standard InChI is InChI=1S/C12H24N2O2.ClH/c1-5-12(6-2)9(7-10(12)16-4)14-11(15)8-13-3;/h9-10,13H,5-8H2,1-4H3,(H,14,15);1H. The number of amides is 1. The Morgan fingerprint density at radius 2 is 2.00 bits per heavy atom. The molecule has 1 aliphatic rings. The summed E-state index contributed by atoms with van der Waals surface area (Å²) in [6.45, 7) is 4.73. The molecular weight excluding hydrogens is 240 g/mol. The molecule has 0 aromatic rings. The van der Waals surface area contributed by atoms with Crippen molar-refractivity contribution in [3.8, 4) is 0 Å². The molecule has 1 saturated carbocycles. The van der Waals surface area contributed by atoms with Gasteiger partial charge in [0.15, 0.2) is 0 Å². The zero-order valence-corrected chi connectivity index (χ0v) is 12.0. The lowest BCUT2D eigenvalue weighted by molar-refractivity contribution is -0.140. The third-order valence-electron chi connectivity index (χ3n) is 4.06. The summed E-state index contributed by atoms with van der Waals surface area (Å²) in [5, 5.41) is 5.96. The number of carbonyl (C=O) groups excluding carboxylic acids is 1. The molecule has 0 radical (unpaired) electrons. The number of halogens is 1. The van der Waals surface area contributed by atoms with E-state index in [0.29, 0.717) is 12.6 Å². The molecule has 0 spiro atoms. The Morgan fingerprint density at radius 1 is 1.41 bits per heavy atom. The van der Waals surface area contributed by atoms with Crippen LogP contribution in [0, 0.1) is 5.41 Å². The summed E-state index contributed by atoms with van der Waals surface area (Å²) in [4.78, 5) is 11.5. The minimum Gasteiger partial charge on any atom is -0.381 e. The van der Waals surface area contributed by atoms with E-state index in [1.165, 1.54) is 0 Å². The van der Waals surface area contributed by atoms with E-state index in [0.717, 1.165) is 19.3 Å². The summed E-state index contributed by atoms with van der Waals surface area (Å²) in [6, 6.07) is 0.272. The predicted octanol–water partition coefficient (Wildman–Crippen LogP) is 1.34. The van der Waals surface area contributed by atoms with Gasteiger partial charge in [0.05, 0.1) is 12.6 Å². The second kappa shape index (κ2) is 7.19. The lowest BCUT2D eigenvalue weighted by Gasteiger charge is -2.55. The molecule has 1 rings (SSSR count). The first kappa shape index (κ1) is 16.7. The van der Waals surface area contributed by atoms with Gasteiger partial charge in [0.1, 0.15) is 0 Å². The lowest BCUT2D eigenvalue weighted by Crippen LogP contribution is -2.64. The molecule has 1 fully saturated rings. The second-order valence-corrected chi connectivity index (χ2v) is 4.55. The van der Waals surface area contributed by atoms with Crippen LogP contribution in [-0.2, 0) is 9.53 Å². The molecule has 0 aromatic carbocycles. The second-order valence-electron chi connectivity index (χ2n) is 4.55. The normalized spacial score (nSPS) is 25.6. The Kier molecular flexibility index (Phi) is 7.05. The SMILES string of the molecule is CCC1(CC)C(NC(=O)CNC)CC1OC.Cl. The average molecular weight is 265 g/mol. The number of hydrogen-bond acceptors (Lipinski definition) is 3. The topological polar surface area (TPSA) is 50.4 Å². The number of methoxy groups -OCH3 is 1. The van der Waals surface area contributed by atoms with Crippen molar-refractivity contribution in [3.63, 3.8) is 0 Å². The fraction of sp³-hybridized carbons (Fsp3) is 0.917. The van der Waals surface area contributed by atoms with Gasteiger partial charge in [0.2, 0.25) is 5.91 Å². The molecule has 1 aliphatic carbocycles. The highest BCUT2D eigenvalue weighted by Gasteiger charge is 2.53. The number of rotatable bonds is 6. The van der Waals surface area contributed by atoms with Gasteiger partial charge >= 0.3 is 0 Å². The first-order valence-corrected chi connectivity index (χ1v) is 6.11. The molecule has 0 aromatic heterocycles. The Bertz CT molecular complexity index is 245. The van der Waals surface area contributed by atoms with E-state index in [1.807, 2.05) is 0 Å². The fourth-order valence-corrected chi connectivity index (χ4v) is 2.89. The van der Waals surface area contributed by atoms with Crippen molar-refractivity contribution in [1.29, 1.82) is 0 Å². The molecule has 0 heterocycles. The van der Waals surface area contributed by atoms with Crippen LogP contribution in [-0.4, -0.2) is 38.8 Å². The van der Waals surface area contributed by atoms with Crippen LogP contribution in [0.25, 0.3) is 0 Å². The maximum absolute atomic E-state index is 11.5. The first-order chi connectivity index (χ1) is 7.64. The van der Waals surface area contributed by atoms with E-state index in [-0.39, 0.29) is 29.8 Å². The summed E-state index contributed by atoms with van der Waals surface area (Å²) < 4.78 is 5.49. The zero-order chi connectivity index (χ0) is 12.2. The highest BCUT2D eigenvalue weighted by molar-refractivity contribution is 5.85. The Morgan fingerprint density at radius 3 is 2.41 bits per heavy atom. The predicted molar refractivity (Wildman–Crippen MR) is 71.5 cm³/mol. The molecule has 5 heteroatoms. The highest BCUT2D eigenvalue weighted by atomic mass is 35.5. The summed E-state index contributed by atoms with van der Waals surface area (Å²) in [5.41, 5.74) is 0.137. The summed E-state index contributed by atoms with van der Waals surface area (Å²) >= 11 is 0. The summed E-state index contributed by atoms with van der Waals surface area (Å²) in [5.74, 6) is 0.0772. The lowest BCUT2D eigenvalue weighted by atomic mass is 9.58. The average Bonchev–Trinajstić information content (AvgIpc) is 2.26. The molecule has 0 saturated heterocycles. The van der Waals surface area contributed by atoms with Crippen molar-refractivity contribution in [1.82, 2.24) is 10.6 Å². The van der Waals surface area contributed by atoms with Crippen LogP contribution >= 0.6 is 12.4 Å². The van der Waals surface area contributed by atoms with Crippen molar-refractivity contribution in [2.75, 3.05) is 20.7 Å². The molecule has 2 unspecified atom stereocenters. The highest BCUT2D eigenvalue weighted by Crippen LogP contribution is 2.48. The van der Waals surface area contributed by atoms with Crippen LogP contribution in [0.15, 0.2) is 0 Å². The van der Waals surface area contributed by atoms with E-state index in [9.17, 15) is 4.79 Å². The summed E-state index contributed by atoms with van der Waals surface area (Å²) in [7, 11) is 3.54. The third-order valence-corrected chi connectivity index (χ3v) is 4.06. The number of hydrogen-bond donors (Lipinski definition) is 2. The van der Waals surface area contributed by atoms with E-state index in [4.69, 9.17) is 4.74 Å². The summed E-state index contributed by atoms with van der Waals surface area (Å²) in [6.07, 6.45) is 3.33. The van der Waals surface area contributed by atoms with Gasteiger partial charge < -0.3 is 15.4 Å². The van der Waals surface area contributed by atoms with Gasteiger partial charge in [-0.2, -0.15) is 0 Å². The van der Waals surface area contributed by atoms with Crippen LogP contribution in [0.2, 0.25) is 0 Å². The van der Waals surface area contributed by atoms with Gasteiger partial charge in [-0.25, -0.2) is 0 Å². The van der Waals surface area contributed by atoms with Gasteiger partial charge in [-0.3, -0.25) is 4.79 Å². The van der Waals surface area contributed by atoms with Crippen LogP contribution < -0.4 is 10.6 Å².